The molecular weight excluding hydrogens is 292 g/mol. The molecule has 0 aliphatic rings. The topological polar surface area (TPSA) is 9.23 Å². The number of hydrogen-bond donors (Lipinski definition) is 0. The molecule has 0 saturated heterocycles. The van der Waals surface area contributed by atoms with E-state index in [1.807, 2.05) is 12.1 Å². The summed E-state index contributed by atoms with van der Waals surface area (Å²) in [5.41, 5.74) is 3.48. The predicted octanol–water partition coefficient (Wildman–Crippen LogP) is 5.59. The fraction of sp³-hybridized carbons (Fsp3) is 0.217. The van der Waals surface area contributed by atoms with Gasteiger partial charge >= 0.3 is 0 Å². The molecular formula is C23H22O. The number of benzene rings is 3. The van der Waals surface area contributed by atoms with E-state index in [1.165, 1.54) is 29.2 Å². The van der Waals surface area contributed by atoms with Gasteiger partial charge < -0.3 is 4.74 Å². The Morgan fingerprint density at radius 2 is 1.46 bits per heavy atom. The van der Waals surface area contributed by atoms with Crippen LogP contribution in [0.3, 0.4) is 0 Å². The number of aryl methyl sites for hydroxylation is 1. The first kappa shape index (κ1) is 16.1. The van der Waals surface area contributed by atoms with E-state index in [9.17, 15) is 0 Å². The van der Waals surface area contributed by atoms with Gasteiger partial charge in [-0.1, -0.05) is 49.5 Å². The van der Waals surface area contributed by atoms with Crippen LogP contribution in [0.15, 0.2) is 60.7 Å². The van der Waals surface area contributed by atoms with E-state index >= 15 is 0 Å². The van der Waals surface area contributed by atoms with Crippen LogP contribution in [-0.2, 0) is 6.42 Å². The number of hydrogen-bond acceptors (Lipinski definition) is 1. The maximum Gasteiger partial charge on any atom is 0.119 e. The third-order valence-corrected chi connectivity index (χ3v) is 4.17. The Morgan fingerprint density at radius 3 is 2.21 bits per heavy atom. The van der Waals surface area contributed by atoms with Crippen LogP contribution < -0.4 is 4.74 Å². The van der Waals surface area contributed by atoms with Crippen molar-refractivity contribution in [2.45, 2.75) is 26.2 Å². The highest BCUT2D eigenvalue weighted by Gasteiger charge is 1.97. The Labute approximate surface area is 144 Å². The van der Waals surface area contributed by atoms with E-state index in [4.69, 9.17) is 4.74 Å². The van der Waals surface area contributed by atoms with Crippen molar-refractivity contribution in [2.75, 3.05) is 7.11 Å². The number of rotatable bonds is 4. The molecule has 3 rings (SSSR count). The van der Waals surface area contributed by atoms with Crippen LogP contribution in [0.5, 0.6) is 5.75 Å². The van der Waals surface area contributed by atoms with Crippen molar-refractivity contribution in [1.82, 2.24) is 0 Å². The summed E-state index contributed by atoms with van der Waals surface area (Å²) >= 11 is 0. The van der Waals surface area contributed by atoms with Crippen molar-refractivity contribution < 1.29 is 4.74 Å². The Kier molecular flexibility index (Phi) is 5.18. The summed E-state index contributed by atoms with van der Waals surface area (Å²) in [6.07, 6.45) is 3.63. The summed E-state index contributed by atoms with van der Waals surface area (Å²) in [5, 5.41) is 2.35. The van der Waals surface area contributed by atoms with E-state index in [2.05, 4.69) is 67.3 Å². The van der Waals surface area contributed by atoms with Gasteiger partial charge in [0, 0.05) is 11.1 Å². The zero-order valence-electron chi connectivity index (χ0n) is 14.3. The average Bonchev–Trinajstić information content (AvgIpc) is 2.65. The van der Waals surface area contributed by atoms with Crippen LogP contribution in [0.4, 0.5) is 0 Å². The largest absolute Gasteiger partial charge is 0.497 e. The lowest BCUT2D eigenvalue weighted by molar-refractivity contribution is 0.415. The monoisotopic (exact) mass is 314 g/mol. The Hall–Kier alpha value is -2.72. The number of methoxy groups -OCH3 is 1. The normalized spacial score (nSPS) is 10.2. The van der Waals surface area contributed by atoms with Gasteiger partial charge in [0.05, 0.1) is 7.11 Å². The van der Waals surface area contributed by atoms with E-state index in [-0.39, 0.29) is 0 Å². The molecule has 0 heterocycles. The Bertz CT molecular complexity index is 879. The molecule has 0 bridgehead atoms. The van der Waals surface area contributed by atoms with Gasteiger partial charge in [-0.2, -0.15) is 0 Å². The third kappa shape index (κ3) is 3.97. The lowest BCUT2D eigenvalue weighted by Crippen LogP contribution is -1.85. The van der Waals surface area contributed by atoms with Crippen molar-refractivity contribution in [3.63, 3.8) is 0 Å². The van der Waals surface area contributed by atoms with Gasteiger partial charge in [-0.25, -0.2) is 0 Å². The summed E-state index contributed by atoms with van der Waals surface area (Å²) in [6.45, 7) is 2.22. The van der Waals surface area contributed by atoms with Crippen molar-refractivity contribution in [3.8, 4) is 17.6 Å². The van der Waals surface area contributed by atoms with Crippen molar-refractivity contribution >= 4 is 10.8 Å². The van der Waals surface area contributed by atoms with E-state index in [1.54, 1.807) is 7.11 Å². The van der Waals surface area contributed by atoms with Gasteiger partial charge in [-0.3, -0.25) is 0 Å². The molecule has 0 radical (unpaired) electrons. The molecule has 0 N–H and O–H groups in total. The zero-order chi connectivity index (χ0) is 16.8. The molecule has 0 spiro atoms. The minimum Gasteiger partial charge on any atom is -0.497 e. The fourth-order valence-electron chi connectivity index (χ4n) is 2.71. The van der Waals surface area contributed by atoms with Gasteiger partial charge in [0.2, 0.25) is 0 Å². The van der Waals surface area contributed by atoms with Crippen LogP contribution in [-0.4, -0.2) is 7.11 Å². The second-order valence-electron chi connectivity index (χ2n) is 5.98. The maximum absolute atomic E-state index is 5.26. The molecule has 3 aromatic carbocycles. The summed E-state index contributed by atoms with van der Waals surface area (Å²) in [6, 6.07) is 21.0. The minimum absolute atomic E-state index is 0.879. The fourth-order valence-corrected chi connectivity index (χ4v) is 2.71. The summed E-state index contributed by atoms with van der Waals surface area (Å²) in [5.74, 6) is 7.40. The molecule has 0 atom stereocenters. The lowest BCUT2D eigenvalue weighted by Gasteiger charge is -2.02. The summed E-state index contributed by atoms with van der Waals surface area (Å²) in [4.78, 5) is 0. The number of ether oxygens (including phenoxy) is 1. The third-order valence-electron chi connectivity index (χ3n) is 4.17. The Balaban J connectivity index is 1.78. The maximum atomic E-state index is 5.26. The van der Waals surface area contributed by atoms with Gasteiger partial charge in [0.15, 0.2) is 0 Å². The average molecular weight is 314 g/mol. The van der Waals surface area contributed by atoms with E-state index in [0.29, 0.717) is 0 Å². The SMILES string of the molecule is CCCCc1ccc(C#Cc2ccc3cc(OC)ccc3c2)cc1. The molecule has 0 amide bonds. The van der Waals surface area contributed by atoms with Crippen molar-refractivity contribution in [3.05, 3.63) is 77.4 Å². The second-order valence-corrected chi connectivity index (χ2v) is 5.98. The molecule has 0 fully saturated rings. The molecule has 24 heavy (non-hydrogen) atoms. The molecule has 0 aliphatic heterocycles. The molecule has 0 aromatic heterocycles. The van der Waals surface area contributed by atoms with Crippen LogP contribution in [0.25, 0.3) is 10.8 Å². The molecule has 0 unspecified atom stereocenters. The van der Waals surface area contributed by atoms with Crippen LogP contribution in [0, 0.1) is 11.8 Å². The zero-order valence-corrected chi connectivity index (χ0v) is 14.3. The van der Waals surface area contributed by atoms with Gasteiger partial charge in [-0.05, 0) is 65.6 Å². The lowest BCUT2D eigenvalue weighted by atomic mass is 10.1. The molecule has 120 valence electrons. The first-order valence-electron chi connectivity index (χ1n) is 8.47. The summed E-state index contributed by atoms with van der Waals surface area (Å²) in [7, 11) is 1.69. The van der Waals surface area contributed by atoms with Crippen LogP contribution in [0.2, 0.25) is 0 Å². The number of fused-ring (bicyclic) bond motifs is 1. The first-order valence-corrected chi connectivity index (χ1v) is 8.47. The Morgan fingerprint density at radius 1 is 0.792 bits per heavy atom. The highest BCUT2D eigenvalue weighted by Crippen LogP contribution is 2.21. The van der Waals surface area contributed by atoms with Gasteiger partial charge in [0.25, 0.3) is 0 Å². The first-order chi connectivity index (χ1) is 11.8. The van der Waals surface area contributed by atoms with Gasteiger partial charge in [0.1, 0.15) is 5.75 Å². The molecule has 3 aromatic rings. The highest BCUT2D eigenvalue weighted by atomic mass is 16.5. The quantitative estimate of drug-likeness (QED) is 0.570. The highest BCUT2D eigenvalue weighted by molar-refractivity contribution is 5.85. The molecule has 0 aliphatic carbocycles. The summed E-state index contributed by atoms with van der Waals surface area (Å²) < 4.78 is 5.26. The van der Waals surface area contributed by atoms with E-state index in [0.717, 1.165) is 23.3 Å². The van der Waals surface area contributed by atoms with Crippen molar-refractivity contribution in [2.24, 2.45) is 0 Å². The van der Waals surface area contributed by atoms with Crippen LogP contribution >= 0.6 is 0 Å². The van der Waals surface area contributed by atoms with Gasteiger partial charge in [-0.15, -0.1) is 0 Å². The molecule has 0 saturated carbocycles. The van der Waals surface area contributed by atoms with Crippen LogP contribution in [0.1, 0.15) is 36.5 Å². The number of unbranched alkanes of at least 4 members (excludes halogenated alkanes) is 1. The molecule has 1 nitrogen and oxygen atoms in total. The smallest absolute Gasteiger partial charge is 0.119 e. The molecule has 1 heteroatoms. The second kappa shape index (κ2) is 7.70. The standard InChI is InChI=1S/C23H22O/c1-3-4-5-18-6-8-19(9-7-18)10-11-20-12-13-22-17-23(24-2)15-14-21(22)16-20/h6-9,12-17H,3-5H2,1-2H3. The minimum atomic E-state index is 0.879. The van der Waals surface area contributed by atoms with Crippen molar-refractivity contribution in [1.29, 1.82) is 0 Å². The predicted molar refractivity (Wildman–Crippen MR) is 102 cm³/mol. The van der Waals surface area contributed by atoms with E-state index < -0.39 is 0 Å².